The Labute approximate surface area is 190 Å². The Bertz CT molecular complexity index is 363. The molecule has 1 N–H and O–H groups in total. The molecule has 0 aliphatic heterocycles. The van der Waals surface area contributed by atoms with Crippen LogP contribution in [0.4, 0.5) is 0 Å². The molecule has 0 aliphatic rings. The summed E-state index contributed by atoms with van der Waals surface area (Å²) < 4.78 is 0. The van der Waals surface area contributed by atoms with Gasteiger partial charge in [0.15, 0.2) is 0 Å². The molecule has 180 valence electrons. The molecule has 0 radical (unpaired) electrons. The van der Waals surface area contributed by atoms with Crippen LogP contribution in [0, 0.1) is 11.3 Å². The molecule has 0 aromatic heterocycles. The molecule has 2 heteroatoms. The average Bonchev–Trinajstić information content (AvgIpc) is 2.72. The van der Waals surface area contributed by atoms with Crippen molar-refractivity contribution in [3.8, 4) is 0 Å². The van der Waals surface area contributed by atoms with E-state index in [1.54, 1.807) is 0 Å². The molecule has 0 aromatic carbocycles. The summed E-state index contributed by atoms with van der Waals surface area (Å²) in [4.78, 5) is 12.2. The van der Waals surface area contributed by atoms with Crippen LogP contribution in [0.5, 0.6) is 0 Å². The van der Waals surface area contributed by atoms with E-state index < -0.39 is 11.4 Å². The first-order valence-corrected chi connectivity index (χ1v) is 13.7. The van der Waals surface area contributed by atoms with Gasteiger partial charge in [0.25, 0.3) is 0 Å². The van der Waals surface area contributed by atoms with Crippen molar-refractivity contribution in [3.63, 3.8) is 0 Å². The Balaban J connectivity index is 4.57. The average molecular weight is 425 g/mol. The van der Waals surface area contributed by atoms with Gasteiger partial charge in [-0.1, -0.05) is 143 Å². The molecule has 0 aromatic rings. The normalized spacial score (nSPS) is 13.6. The maximum absolute atomic E-state index is 12.2. The predicted molar refractivity (Wildman–Crippen MR) is 133 cm³/mol. The van der Waals surface area contributed by atoms with Gasteiger partial charge in [0, 0.05) is 0 Å². The lowest BCUT2D eigenvalue weighted by Gasteiger charge is -2.30. The van der Waals surface area contributed by atoms with Gasteiger partial charge in [0.1, 0.15) is 0 Å². The largest absolute Gasteiger partial charge is 0.481 e. The lowest BCUT2D eigenvalue weighted by molar-refractivity contribution is -0.149. The van der Waals surface area contributed by atoms with Crippen LogP contribution in [0.15, 0.2) is 0 Å². The molecule has 1 unspecified atom stereocenters. The number of hydrogen-bond acceptors (Lipinski definition) is 1. The van der Waals surface area contributed by atoms with Crippen LogP contribution < -0.4 is 0 Å². The van der Waals surface area contributed by atoms with Crippen LogP contribution >= 0.6 is 0 Å². The van der Waals surface area contributed by atoms with Crippen molar-refractivity contribution >= 4 is 5.97 Å². The molecule has 0 aliphatic carbocycles. The minimum absolute atomic E-state index is 0.526. The summed E-state index contributed by atoms with van der Waals surface area (Å²) in [5.74, 6) is 0.0352. The first kappa shape index (κ1) is 29.5. The molecule has 0 fully saturated rings. The second-order valence-corrected chi connectivity index (χ2v) is 10.2. The van der Waals surface area contributed by atoms with Crippen molar-refractivity contribution in [1.29, 1.82) is 0 Å². The smallest absolute Gasteiger partial charge is 0.309 e. The van der Waals surface area contributed by atoms with Gasteiger partial charge in [-0.2, -0.15) is 0 Å². The Kier molecular flexibility index (Phi) is 20.0. The topological polar surface area (TPSA) is 37.3 Å². The monoisotopic (exact) mass is 424 g/mol. The van der Waals surface area contributed by atoms with E-state index in [0.29, 0.717) is 5.92 Å². The van der Waals surface area contributed by atoms with Crippen LogP contribution in [-0.2, 0) is 4.79 Å². The fourth-order valence-electron chi connectivity index (χ4n) is 4.83. The second kappa shape index (κ2) is 20.4. The molecule has 0 amide bonds. The lowest BCUT2D eigenvalue weighted by atomic mass is 9.74. The Morgan fingerprint density at radius 3 is 1.40 bits per heavy atom. The van der Waals surface area contributed by atoms with Crippen LogP contribution in [0.1, 0.15) is 163 Å². The third-order valence-electron chi connectivity index (χ3n) is 7.02. The number of aliphatic carboxylic acids is 1. The molecule has 1 atom stereocenters. The number of carboxylic acid groups (broad SMARTS) is 1. The van der Waals surface area contributed by atoms with Crippen molar-refractivity contribution in [2.75, 3.05) is 0 Å². The van der Waals surface area contributed by atoms with Crippen molar-refractivity contribution in [1.82, 2.24) is 0 Å². The van der Waals surface area contributed by atoms with Gasteiger partial charge in [0.05, 0.1) is 5.41 Å². The summed E-state index contributed by atoms with van der Waals surface area (Å²) in [5, 5.41) is 10.0. The van der Waals surface area contributed by atoms with Gasteiger partial charge in [-0.3, -0.25) is 4.79 Å². The van der Waals surface area contributed by atoms with E-state index in [1.165, 1.54) is 116 Å². The number of hydrogen-bond donors (Lipinski definition) is 1. The van der Waals surface area contributed by atoms with Crippen LogP contribution in [0.2, 0.25) is 0 Å². The van der Waals surface area contributed by atoms with Gasteiger partial charge < -0.3 is 5.11 Å². The van der Waals surface area contributed by atoms with Gasteiger partial charge in [0.2, 0.25) is 0 Å². The van der Waals surface area contributed by atoms with Crippen molar-refractivity contribution in [2.45, 2.75) is 163 Å². The molecular formula is C28H56O2. The summed E-state index contributed by atoms with van der Waals surface area (Å²) in [6.45, 7) is 8.80. The predicted octanol–water partition coefficient (Wildman–Crippen LogP) is 9.95. The van der Waals surface area contributed by atoms with E-state index in [2.05, 4.69) is 20.8 Å². The molecule has 0 rings (SSSR count). The number of carbonyl (C=O) groups is 1. The van der Waals surface area contributed by atoms with Gasteiger partial charge in [-0.15, -0.1) is 0 Å². The fourth-order valence-corrected chi connectivity index (χ4v) is 4.83. The van der Waals surface area contributed by atoms with E-state index in [9.17, 15) is 9.90 Å². The summed E-state index contributed by atoms with van der Waals surface area (Å²) in [6.07, 6.45) is 26.2. The highest BCUT2D eigenvalue weighted by Gasteiger charge is 2.34. The number of carboxylic acids is 1. The van der Waals surface area contributed by atoms with Gasteiger partial charge >= 0.3 is 5.97 Å². The zero-order valence-electron chi connectivity index (χ0n) is 21.3. The van der Waals surface area contributed by atoms with Gasteiger partial charge in [-0.05, 0) is 25.7 Å². The van der Waals surface area contributed by atoms with Crippen molar-refractivity contribution in [3.05, 3.63) is 0 Å². The number of rotatable bonds is 23. The van der Waals surface area contributed by atoms with Crippen LogP contribution in [-0.4, -0.2) is 11.1 Å². The van der Waals surface area contributed by atoms with E-state index in [4.69, 9.17) is 0 Å². The third-order valence-corrected chi connectivity index (χ3v) is 7.02. The van der Waals surface area contributed by atoms with E-state index in [0.717, 1.165) is 19.3 Å². The highest BCUT2D eigenvalue weighted by Crippen LogP contribution is 2.37. The molecule has 0 bridgehead atoms. The minimum atomic E-state index is -0.561. The Hall–Kier alpha value is -0.530. The fraction of sp³-hybridized carbons (Fsp3) is 0.964. The lowest BCUT2D eigenvalue weighted by Crippen LogP contribution is -2.30. The summed E-state index contributed by atoms with van der Waals surface area (Å²) in [6, 6.07) is 0. The maximum atomic E-state index is 12.2. The molecule has 2 nitrogen and oxygen atoms in total. The Morgan fingerprint density at radius 2 is 1.00 bits per heavy atom. The van der Waals surface area contributed by atoms with Gasteiger partial charge in [-0.25, -0.2) is 0 Å². The SMILES string of the molecule is CCCCCCCCC(CCCCCCCC)CC(C)(CCCCCCC)C(=O)O. The highest BCUT2D eigenvalue weighted by atomic mass is 16.4. The molecule has 0 heterocycles. The molecule has 30 heavy (non-hydrogen) atoms. The van der Waals surface area contributed by atoms with Crippen LogP contribution in [0.25, 0.3) is 0 Å². The van der Waals surface area contributed by atoms with E-state index in [1.807, 2.05) is 6.92 Å². The molecular weight excluding hydrogens is 368 g/mol. The summed E-state index contributed by atoms with van der Waals surface area (Å²) >= 11 is 0. The molecule has 0 saturated heterocycles. The van der Waals surface area contributed by atoms with E-state index >= 15 is 0 Å². The maximum Gasteiger partial charge on any atom is 0.309 e. The highest BCUT2D eigenvalue weighted by molar-refractivity contribution is 5.74. The standard InChI is InChI=1S/C28H56O2/c1-5-8-11-14-16-19-22-26(23-20-17-15-12-9-6-2)25-28(4,27(29)30)24-21-18-13-10-7-3/h26H,5-25H2,1-4H3,(H,29,30). The Morgan fingerprint density at radius 1 is 0.633 bits per heavy atom. The zero-order valence-corrected chi connectivity index (χ0v) is 21.3. The third kappa shape index (κ3) is 16.2. The first-order chi connectivity index (χ1) is 14.5. The minimum Gasteiger partial charge on any atom is -0.481 e. The van der Waals surface area contributed by atoms with Crippen molar-refractivity contribution < 1.29 is 9.90 Å². The summed E-state index contributed by atoms with van der Waals surface area (Å²) in [5.41, 5.74) is -0.526. The van der Waals surface area contributed by atoms with Crippen LogP contribution in [0.3, 0.4) is 0 Å². The molecule has 0 saturated carbocycles. The molecule has 0 spiro atoms. The number of unbranched alkanes of at least 4 members (excludes halogenated alkanes) is 14. The first-order valence-electron chi connectivity index (χ1n) is 13.7. The van der Waals surface area contributed by atoms with E-state index in [-0.39, 0.29) is 0 Å². The zero-order chi connectivity index (χ0) is 22.5. The quantitative estimate of drug-likeness (QED) is 0.166. The van der Waals surface area contributed by atoms with Crippen molar-refractivity contribution in [2.24, 2.45) is 11.3 Å². The second-order valence-electron chi connectivity index (χ2n) is 10.2. The summed E-state index contributed by atoms with van der Waals surface area (Å²) in [7, 11) is 0.